The zero-order valence-corrected chi connectivity index (χ0v) is 9.17. The molecule has 1 aromatic heterocycles. The molecular weight excluding hydrogens is 202 g/mol. The van der Waals surface area contributed by atoms with E-state index in [1.165, 1.54) is 0 Å². The zero-order valence-electron chi connectivity index (χ0n) is 9.17. The van der Waals surface area contributed by atoms with E-state index in [2.05, 4.69) is 5.10 Å². The summed E-state index contributed by atoms with van der Waals surface area (Å²) in [4.78, 5) is 0. The SMILES string of the molecule is Cn1ccc(C(N)Cc2cccc(O)c2)n1. The third-order valence-electron chi connectivity index (χ3n) is 2.48. The summed E-state index contributed by atoms with van der Waals surface area (Å²) >= 11 is 0. The molecule has 0 radical (unpaired) electrons. The molecule has 1 aromatic carbocycles. The number of aromatic hydroxyl groups is 1. The minimum Gasteiger partial charge on any atom is -0.508 e. The van der Waals surface area contributed by atoms with Gasteiger partial charge in [0.1, 0.15) is 5.75 Å². The summed E-state index contributed by atoms with van der Waals surface area (Å²) in [5.74, 6) is 0.269. The third-order valence-corrected chi connectivity index (χ3v) is 2.48. The highest BCUT2D eigenvalue weighted by Gasteiger charge is 2.09. The highest BCUT2D eigenvalue weighted by atomic mass is 16.3. The van der Waals surface area contributed by atoms with Crippen LogP contribution < -0.4 is 5.73 Å². The molecular formula is C12H15N3O. The van der Waals surface area contributed by atoms with E-state index in [0.717, 1.165) is 11.3 Å². The number of benzene rings is 1. The highest BCUT2D eigenvalue weighted by Crippen LogP contribution is 2.17. The van der Waals surface area contributed by atoms with Gasteiger partial charge in [0.2, 0.25) is 0 Å². The van der Waals surface area contributed by atoms with Crippen molar-refractivity contribution in [2.45, 2.75) is 12.5 Å². The smallest absolute Gasteiger partial charge is 0.115 e. The van der Waals surface area contributed by atoms with Crippen LogP contribution in [0.15, 0.2) is 36.5 Å². The quantitative estimate of drug-likeness (QED) is 0.816. The van der Waals surface area contributed by atoms with Crippen molar-refractivity contribution in [1.82, 2.24) is 9.78 Å². The molecule has 1 unspecified atom stereocenters. The lowest BCUT2D eigenvalue weighted by Gasteiger charge is -2.08. The summed E-state index contributed by atoms with van der Waals surface area (Å²) in [6, 6.07) is 8.91. The van der Waals surface area contributed by atoms with Crippen LogP contribution in [0.3, 0.4) is 0 Å². The highest BCUT2D eigenvalue weighted by molar-refractivity contribution is 5.28. The Morgan fingerprint density at radius 3 is 2.88 bits per heavy atom. The lowest BCUT2D eigenvalue weighted by atomic mass is 10.0. The monoisotopic (exact) mass is 217 g/mol. The molecule has 0 spiro atoms. The summed E-state index contributed by atoms with van der Waals surface area (Å²) in [7, 11) is 1.87. The molecule has 16 heavy (non-hydrogen) atoms. The van der Waals surface area contributed by atoms with Gasteiger partial charge in [0, 0.05) is 13.2 Å². The van der Waals surface area contributed by atoms with Crippen molar-refractivity contribution in [2.24, 2.45) is 12.8 Å². The number of phenolic OH excluding ortho intramolecular Hbond substituents is 1. The lowest BCUT2D eigenvalue weighted by Crippen LogP contribution is -2.14. The van der Waals surface area contributed by atoms with Gasteiger partial charge in [-0.25, -0.2) is 0 Å². The van der Waals surface area contributed by atoms with Gasteiger partial charge in [0.05, 0.1) is 11.7 Å². The molecule has 0 fully saturated rings. The van der Waals surface area contributed by atoms with Crippen molar-refractivity contribution >= 4 is 0 Å². The first kappa shape index (κ1) is 10.7. The van der Waals surface area contributed by atoms with E-state index in [9.17, 15) is 5.11 Å². The van der Waals surface area contributed by atoms with E-state index in [1.54, 1.807) is 16.8 Å². The van der Waals surface area contributed by atoms with Crippen LogP contribution in [0, 0.1) is 0 Å². The van der Waals surface area contributed by atoms with Gasteiger partial charge in [0.25, 0.3) is 0 Å². The Kier molecular flexibility index (Phi) is 2.92. The Morgan fingerprint density at radius 1 is 1.44 bits per heavy atom. The first-order valence-electron chi connectivity index (χ1n) is 5.18. The zero-order chi connectivity index (χ0) is 11.5. The molecule has 4 nitrogen and oxygen atoms in total. The van der Waals surface area contributed by atoms with Gasteiger partial charge >= 0.3 is 0 Å². The van der Waals surface area contributed by atoms with E-state index >= 15 is 0 Å². The first-order valence-corrected chi connectivity index (χ1v) is 5.18. The second kappa shape index (κ2) is 4.37. The lowest BCUT2D eigenvalue weighted by molar-refractivity contribution is 0.474. The number of aromatic nitrogens is 2. The molecule has 0 saturated heterocycles. The second-order valence-corrected chi connectivity index (χ2v) is 3.89. The number of hydrogen-bond donors (Lipinski definition) is 2. The van der Waals surface area contributed by atoms with Crippen molar-refractivity contribution in [3.05, 3.63) is 47.8 Å². The summed E-state index contributed by atoms with van der Waals surface area (Å²) in [5.41, 5.74) is 7.91. The average Bonchev–Trinajstić information content (AvgIpc) is 2.65. The van der Waals surface area contributed by atoms with Crippen LogP contribution in [0.4, 0.5) is 0 Å². The Balaban J connectivity index is 2.10. The van der Waals surface area contributed by atoms with E-state index in [0.29, 0.717) is 6.42 Å². The Labute approximate surface area is 94.3 Å². The first-order chi connectivity index (χ1) is 7.65. The van der Waals surface area contributed by atoms with Crippen molar-refractivity contribution in [3.63, 3.8) is 0 Å². The predicted molar refractivity (Wildman–Crippen MR) is 61.9 cm³/mol. The number of nitrogens with zero attached hydrogens (tertiary/aromatic N) is 2. The van der Waals surface area contributed by atoms with Gasteiger partial charge in [-0.05, 0) is 30.2 Å². The maximum absolute atomic E-state index is 9.34. The maximum Gasteiger partial charge on any atom is 0.115 e. The third kappa shape index (κ3) is 2.41. The predicted octanol–water partition coefficient (Wildman–Crippen LogP) is 1.37. The van der Waals surface area contributed by atoms with Crippen molar-refractivity contribution < 1.29 is 5.11 Å². The van der Waals surface area contributed by atoms with Crippen LogP contribution in [0.25, 0.3) is 0 Å². The molecule has 0 aliphatic carbocycles. The van der Waals surface area contributed by atoms with E-state index in [1.807, 2.05) is 31.4 Å². The number of hydrogen-bond acceptors (Lipinski definition) is 3. The fraction of sp³-hybridized carbons (Fsp3) is 0.250. The largest absolute Gasteiger partial charge is 0.508 e. The molecule has 2 rings (SSSR count). The molecule has 84 valence electrons. The van der Waals surface area contributed by atoms with E-state index < -0.39 is 0 Å². The van der Waals surface area contributed by atoms with Gasteiger partial charge in [-0.2, -0.15) is 5.10 Å². The number of nitrogens with two attached hydrogens (primary N) is 1. The van der Waals surface area contributed by atoms with Crippen LogP contribution in [0.5, 0.6) is 5.75 Å². The minimum atomic E-state index is -0.136. The molecule has 2 aromatic rings. The molecule has 1 atom stereocenters. The second-order valence-electron chi connectivity index (χ2n) is 3.89. The van der Waals surface area contributed by atoms with Crippen LogP contribution >= 0.6 is 0 Å². The van der Waals surface area contributed by atoms with E-state index in [-0.39, 0.29) is 11.8 Å². The Hall–Kier alpha value is -1.81. The fourth-order valence-corrected chi connectivity index (χ4v) is 1.67. The molecule has 0 aliphatic rings. The van der Waals surface area contributed by atoms with Crippen molar-refractivity contribution in [2.75, 3.05) is 0 Å². The molecule has 0 bridgehead atoms. The van der Waals surface area contributed by atoms with Crippen LogP contribution in [0.1, 0.15) is 17.3 Å². The molecule has 0 aliphatic heterocycles. The van der Waals surface area contributed by atoms with E-state index in [4.69, 9.17) is 5.73 Å². The number of phenols is 1. The summed E-state index contributed by atoms with van der Waals surface area (Å²) in [5, 5.41) is 13.6. The molecule has 0 saturated carbocycles. The summed E-state index contributed by atoms with van der Waals surface area (Å²) in [6.07, 6.45) is 2.54. The minimum absolute atomic E-state index is 0.136. The van der Waals surface area contributed by atoms with Gasteiger partial charge in [0.15, 0.2) is 0 Å². The molecule has 0 amide bonds. The molecule has 3 N–H and O–H groups in total. The van der Waals surface area contributed by atoms with Gasteiger partial charge in [-0.15, -0.1) is 0 Å². The summed E-state index contributed by atoms with van der Waals surface area (Å²) < 4.78 is 1.73. The molecule has 1 heterocycles. The number of aryl methyl sites for hydroxylation is 1. The van der Waals surface area contributed by atoms with Crippen LogP contribution in [-0.4, -0.2) is 14.9 Å². The molecule has 4 heteroatoms. The standard InChI is InChI=1S/C12H15N3O/c1-15-6-5-12(14-15)11(13)8-9-3-2-4-10(16)7-9/h2-7,11,16H,8,13H2,1H3. The summed E-state index contributed by atoms with van der Waals surface area (Å²) in [6.45, 7) is 0. The van der Waals surface area contributed by atoms with Crippen molar-refractivity contribution in [1.29, 1.82) is 0 Å². The number of rotatable bonds is 3. The maximum atomic E-state index is 9.34. The van der Waals surface area contributed by atoms with Gasteiger partial charge in [-0.3, -0.25) is 4.68 Å². The van der Waals surface area contributed by atoms with Crippen molar-refractivity contribution in [3.8, 4) is 5.75 Å². The van der Waals surface area contributed by atoms with Crippen LogP contribution in [-0.2, 0) is 13.5 Å². The average molecular weight is 217 g/mol. The fourth-order valence-electron chi connectivity index (χ4n) is 1.67. The normalized spacial score (nSPS) is 12.6. The van der Waals surface area contributed by atoms with Gasteiger partial charge in [-0.1, -0.05) is 12.1 Å². The Bertz CT molecular complexity index is 479. The Morgan fingerprint density at radius 2 is 2.25 bits per heavy atom. The van der Waals surface area contributed by atoms with Crippen LogP contribution in [0.2, 0.25) is 0 Å². The van der Waals surface area contributed by atoms with Gasteiger partial charge < -0.3 is 10.8 Å². The topological polar surface area (TPSA) is 64.1 Å².